The summed E-state index contributed by atoms with van der Waals surface area (Å²) in [6, 6.07) is 5.34. The Bertz CT molecular complexity index is 349. The maximum atomic E-state index is 11.8. The Kier molecular flexibility index (Phi) is 4.14. The van der Waals surface area contributed by atoms with Gasteiger partial charge in [-0.25, -0.2) is 0 Å². The van der Waals surface area contributed by atoms with Gasteiger partial charge >= 0.3 is 0 Å². The molecular formula is C11H12BrClO. The average molecular weight is 276 g/mol. The summed E-state index contributed by atoms with van der Waals surface area (Å²) in [5.41, 5.74) is 0.607. The minimum absolute atomic E-state index is 0.0294. The normalized spacial score (nSPS) is 12.6. The monoisotopic (exact) mass is 274 g/mol. The molecule has 0 amide bonds. The first-order valence-electron chi connectivity index (χ1n) is 4.55. The summed E-state index contributed by atoms with van der Waals surface area (Å²) in [6.07, 6.45) is 0.835. The standard InChI is InChI=1S/C11H12BrClO/c1-3-7(2)11(14)9-6-8(12)4-5-10(9)13/h4-7H,3H2,1-2H3. The predicted molar refractivity (Wildman–Crippen MR) is 62.9 cm³/mol. The zero-order chi connectivity index (χ0) is 10.7. The topological polar surface area (TPSA) is 17.1 Å². The quantitative estimate of drug-likeness (QED) is 0.750. The highest BCUT2D eigenvalue weighted by Gasteiger charge is 2.16. The molecule has 1 atom stereocenters. The van der Waals surface area contributed by atoms with Crippen LogP contribution in [0.1, 0.15) is 30.6 Å². The molecule has 0 N–H and O–H groups in total. The lowest BCUT2D eigenvalue weighted by molar-refractivity contribution is 0.0927. The molecule has 0 aliphatic carbocycles. The Hall–Kier alpha value is -0.340. The number of ketones is 1. The molecule has 1 nitrogen and oxygen atoms in total. The van der Waals surface area contributed by atoms with Crippen molar-refractivity contribution in [1.29, 1.82) is 0 Å². The average Bonchev–Trinajstić information content (AvgIpc) is 2.19. The first kappa shape index (κ1) is 11.7. The molecule has 0 heterocycles. The first-order chi connectivity index (χ1) is 6.56. The van der Waals surface area contributed by atoms with Crippen LogP contribution in [0.2, 0.25) is 5.02 Å². The van der Waals surface area contributed by atoms with Crippen LogP contribution in [0, 0.1) is 5.92 Å². The highest BCUT2D eigenvalue weighted by atomic mass is 79.9. The largest absolute Gasteiger partial charge is 0.294 e. The van der Waals surface area contributed by atoms with E-state index in [2.05, 4.69) is 15.9 Å². The number of carbonyl (C=O) groups is 1. The maximum absolute atomic E-state index is 11.8. The second kappa shape index (κ2) is 4.94. The third kappa shape index (κ3) is 2.58. The van der Waals surface area contributed by atoms with Crippen molar-refractivity contribution < 1.29 is 4.79 Å². The van der Waals surface area contributed by atoms with Gasteiger partial charge in [-0.3, -0.25) is 4.79 Å². The summed E-state index contributed by atoms with van der Waals surface area (Å²) < 4.78 is 0.883. The Morgan fingerprint density at radius 2 is 2.21 bits per heavy atom. The summed E-state index contributed by atoms with van der Waals surface area (Å²) in [7, 11) is 0. The van der Waals surface area contributed by atoms with Crippen LogP contribution in [-0.2, 0) is 0 Å². The fraction of sp³-hybridized carbons (Fsp3) is 0.364. The van der Waals surface area contributed by atoms with Crippen LogP contribution in [0.15, 0.2) is 22.7 Å². The number of Topliss-reactive ketones (excluding diaryl/α,β-unsaturated/α-hetero) is 1. The number of halogens is 2. The minimum atomic E-state index is 0.0294. The van der Waals surface area contributed by atoms with Crippen LogP contribution in [0.4, 0.5) is 0 Å². The van der Waals surface area contributed by atoms with Crippen molar-refractivity contribution in [2.75, 3.05) is 0 Å². The number of carbonyl (C=O) groups excluding carboxylic acids is 1. The summed E-state index contributed by atoms with van der Waals surface area (Å²) in [5, 5.41) is 0.526. The summed E-state index contributed by atoms with van der Waals surface area (Å²) in [4.78, 5) is 11.8. The number of rotatable bonds is 3. The lowest BCUT2D eigenvalue weighted by Gasteiger charge is -2.09. The maximum Gasteiger partial charge on any atom is 0.167 e. The van der Waals surface area contributed by atoms with Crippen molar-refractivity contribution in [3.8, 4) is 0 Å². The molecule has 1 unspecified atom stereocenters. The van der Waals surface area contributed by atoms with Crippen LogP contribution in [0.5, 0.6) is 0 Å². The Morgan fingerprint density at radius 3 is 2.79 bits per heavy atom. The molecule has 76 valence electrons. The van der Waals surface area contributed by atoms with E-state index in [1.54, 1.807) is 12.1 Å². The highest BCUT2D eigenvalue weighted by molar-refractivity contribution is 9.10. The van der Waals surface area contributed by atoms with Crippen LogP contribution < -0.4 is 0 Å². The second-order valence-corrected chi connectivity index (χ2v) is 4.62. The van der Waals surface area contributed by atoms with E-state index in [0.29, 0.717) is 10.6 Å². The molecule has 0 saturated carbocycles. The summed E-state index contributed by atoms with van der Waals surface area (Å²) in [6.45, 7) is 3.91. The lowest BCUT2D eigenvalue weighted by Crippen LogP contribution is -2.10. The molecule has 14 heavy (non-hydrogen) atoms. The summed E-state index contributed by atoms with van der Waals surface area (Å²) in [5.74, 6) is 0.139. The number of benzene rings is 1. The molecule has 0 aliphatic rings. The third-order valence-corrected chi connectivity index (χ3v) is 3.08. The van der Waals surface area contributed by atoms with Gasteiger partial charge in [-0.2, -0.15) is 0 Å². The fourth-order valence-electron chi connectivity index (χ4n) is 1.14. The Labute approximate surface area is 97.6 Å². The first-order valence-corrected chi connectivity index (χ1v) is 5.72. The van der Waals surface area contributed by atoms with Crippen molar-refractivity contribution in [3.63, 3.8) is 0 Å². The molecule has 0 fully saturated rings. The predicted octanol–water partition coefficient (Wildman–Crippen LogP) is 4.33. The Balaban J connectivity index is 3.06. The van der Waals surface area contributed by atoms with Gasteiger partial charge in [0.15, 0.2) is 5.78 Å². The van der Waals surface area contributed by atoms with E-state index in [-0.39, 0.29) is 11.7 Å². The van der Waals surface area contributed by atoms with Gasteiger partial charge in [0.1, 0.15) is 0 Å². The van der Waals surface area contributed by atoms with E-state index in [0.717, 1.165) is 10.9 Å². The highest BCUT2D eigenvalue weighted by Crippen LogP contribution is 2.24. The van der Waals surface area contributed by atoms with E-state index in [4.69, 9.17) is 11.6 Å². The van der Waals surface area contributed by atoms with Crippen molar-refractivity contribution in [3.05, 3.63) is 33.3 Å². The molecular weight excluding hydrogens is 263 g/mol. The molecule has 3 heteroatoms. The van der Waals surface area contributed by atoms with Gasteiger partial charge < -0.3 is 0 Å². The lowest BCUT2D eigenvalue weighted by atomic mass is 9.97. The van der Waals surface area contributed by atoms with Crippen molar-refractivity contribution in [2.45, 2.75) is 20.3 Å². The molecule has 1 aromatic rings. The molecule has 0 spiro atoms. The molecule has 0 saturated heterocycles. The van der Waals surface area contributed by atoms with Gasteiger partial charge in [0.2, 0.25) is 0 Å². The number of hydrogen-bond donors (Lipinski definition) is 0. The molecule has 0 aromatic heterocycles. The van der Waals surface area contributed by atoms with Gasteiger partial charge in [-0.15, -0.1) is 0 Å². The Morgan fingerprint density at radius 1 is 1.57 bits per heavy atom. The van der Waals surface area contributed by atoms with Crippen LogP contribution in [0.3, 0.4) is 0 Å². The summed E-state index contributed by atoms with van der Waals surface area (Å²) >= 11 is 9.28. The SMILES string of the molecule is CCC(C)C(=O)c1cc(Br)ccc1Cl. The van der Waals surface area contributed by atoms with Crippen molar-refractivity contribution in [1.82, 2.24) is 0 Å². The van der Waals surface area contributed by atoms with E-state index in [1.807, 2.05) is 19.9 Å². The fourth-order valence-corrected chi connectivity index (χ4v) is 1.71. The van der Waals surface area contributed by atoms with Crippen LogP contribution in [0.25, 0.3) is 0 Å². The van der Waals surface area contributed by atoms with E-state index in [1.165, 1.54) is 0 Å². The third-order valence-electron chi connectivity index (χ3n) is 2.25. The van der Waals surface area contributed by atoms with Gasteiger partial charge in [0.05, 0.1) is 5.02 Å². The molecule has 0 bridgehead atoms. The van der Waals surface area contributed by atoms with E-state index >= 15 is 0 Å². The number of hydrogen-bond acceptors (Lipinski definition) is 1. The van der Waals surface area contributed by atoms with Crippen LogP contribution >= 0.6 is 27.5 Å². The zero-order valence-electron chi connectivity index (χ0n) is 8.18. The van der Waals surface area contributed by atoms with Gasteiger partial charge in [0.25, 0.3) is 0 Å². The minimum Gasteiger partial charge on any atom is -0.294 e. The molecule has 1 aromatic carbocycles. The van der Waals surface area contributed by atoms with E-state index in [9.17, 15) is 4.79 Å². The zero-order valence-corrected chi connectivity index (χ0v) is 10.5. The molecule has 0 radical (unpaired) electrons. The van der Waals surface area contributed by atoms with E-state index < -0.39 is 0 Å². The van der Waals surface area contributed by atoms with Crippen molar-refractivity contribution >= 4 is 33.3 Å². The molecule has 0 aliphatic heterocycles. The van der Waals surface area contributed by atoms with Crippen molar-refractivity contribution in [2.24, 2.45) is 5.92 Å². The smallest absolute Gasteiger partial charge is 0.167 e. The second-order valence-electron chi connectivity index (χ2n) is 3.30. The van der Waals surface area contributed by atoms with Crippen LogP contribution in [-0.4, -0.2) is 5.78 Å². The van der Waals surface area contributed by atoms with Gasteiger partial charge in [-0.1, -0.05) is 41.4 Å². The van der Waals surface area contributed by atoms with Gasteiger partial charge in [0, 0.05) is 16.0 Å². The van der Waals surface area contributed by atoms with Gasteiger partial charge in [-0.05, 0) is 24.6 Å². The molecule has 1 rings (SSSR count).